The van der Waals surface area contributed by atoms with Crippen LogP contribution in [0, 0.1) is 10.1 Å². The van der Waals surface area contributed by atoms with Crippen LogP contribution in [-0.4, -0.2) is 28.8 Å². The van der Waals surface area contributed by atoms with Crippen LogP contribution in [0.2, 0.25) is 0 Å². The van der Waals surface area contributed by atoms with Gasteiger partial charge in [-0.05, 0) is 18.2 Å². The van der Waals surface area contributed by atoms with E-state index in [4.69, 9.17) is 0 Å². The van der Waals surface area contributed by atoms with Crippen molar-refractivity contribution in [2.75, 3.05) is 6.26 Å². The van der Waals surface area contributed by atoms with Gasteiger partial charge >= 0.3 is 0 Å². The van der Waals surface area contributed by atoms with Crippen LogP contribution in [0.25, 0.3) is 0 Å². The number of aromatic nitrogens is 1. The van der Waals surface area contributed by atoms with Gasteiger partial charge < -0.3 is 0 Å². The van der Waals surface area contributed by atoms with E-state index in [1.165, 1.54) is 24.4 Å². The maximum atomic E-state index is 12.5. The number of nitro groups is 1. The van der Waals surface area contributed by atoms with Gasteiger partial charge in [-0.3, -0.25) is 10.1 Å². The molecule has 0 saturated heterocycles. The van der Waals surface area contributed by atoms with Gasteiger partial charge in [0, 0.05) is 18.5 Å². The standard InChI is InChI=1S/C12H11N3O5S2/c1-21(18,12-8-4-5-9-13-12)14-22(19,20)11-7-3-2-6-10(11)15(16)17/h2-9H,1H3. The fourth-order valence-electron chi connectivity index (χ4n) is 1.66. The highest BCUT2D eigenvalue weighted by Gasteiger charge is 2.26. The molecule has 1 aromatic heterocycles. The highest BCUT2D eigenvalue weighted by molar-refractivity contribution is 8.03. The molecule has 0 amide bonds. The smallest absolute Gasteiger partial charge is 0.258 e. The number of para-hydroxylation sites is 1. The Kier molecular flexibility index (Phi) is 4.24. The van der Waals surface area contributed by atoms with E-state index in [0.717, 1.165) is 18.4 Å². The molecule has 10 heteroatoms. The lowest BCUT2D eigenvalue weighted by Crippen LogP contribution is -2.07. The van der Waals surface area contributed by atoms with Gasteiger partial charge in [0.2, 0.25) is 0 Å². The van der Waals surface area contributed by atoms with Gasteiger partial charge in [0.05, 0.1) is 4.92 Å². The van der Waals surface area contributed by atoms with Crippen molar-refractivity contribution in [1.29, 1.82) is 0 Å². The summed E-state index contributed by atoms with van der Waals surface area (Å²) in [4.78, 5) is 13.3. The minimum atomic E-state index is -4.47. The fraction of sp³-hybridized carbons (Fsp3) is 0.0833. The van der Waals surface area contributed by atoms with Gasteiger partial charge in [0.1, 0.15) is 14.8 Å². The zero-order chi connectivity index (χ0) is 16.4. The summed E-state index contributed by atoms with van der Waals surface area (Å²) >= 11 is 0. The molecule has 8 nitrogen and oxygen atoms in total. The van der Waals surface area contributed by atoms with Crippen molar-refractivity contribution in [1.82, 2.24) is 4.98 Å². The molecule has 0 saturated carbocycles. The summed E-state index contributed by atoms with van der Waals surface area (Å²) in [6.07, 6.45) is 2.47. The monoisotopic (exact) mass is 341 g/mol. The predicted molar refractivity (Wildman–Crippen MR) is 79.3 cm³/mol. The Balaban J connectivity index is 2.65. The van der Waals surface area contributed by atoms with Crippen LogP contribution in [0.4, 0.5) is 5.69 Å². The maximum absolute atomic E-state index is 12.5. The van der Waals surface area contributed by atoms with E-state index in [1.54, 1.807) is 12.1 Å². The Labute approximate surface area is 127 Å². The summed E-state index contributed by atoms with van der Waals surface area (Å²) in [5, 5.41) is 10.9. The van der Waals surface area contributed by atoms with Gasteiger partial charge in [-0.25, -0.2) is 9.19 Å². The van der Waals surface area contributed by atoms with E-state index in [1.807, 2.05) is 0 Å². The predicted octanol–water partition coefficient (Wildman–Crippen LogP) is 1.84. The maximum Gasteiger partial charge on any atom is 0.297 e. The molecule has 0 N–H and O–H groups in total. The third kappa shape index (κ3) is 3.28. The minimum Gasteiger partial charge on any atom is -0.258 e. The normalized spacial score (nSPS) is 14.0. The Morgan fingerprint density at radius 1 is 1.09 bits per heavy atom. The van der Waals surface area contributed by atoms with Crippen LogP contribution < -0.4 is 0 Å². The second-order valence-electron chi connectivity index (χ2n) is 4.24. The lowest BCUT2D eigenvalue weighted by Gasteiger charge is -2.04. The third-order valence-electron chi connectivity index (χ3n) is 2.61. The Morgan fingerprint density at radius 3 is 2.32 bits per heavy atom. The molecule has 2 aromatic rings. The van der Waals surface area contributed by atoms with Gasteiger partial charge in [0.25, 0.3) is 15.7 Å². The first-order valence-electron chi connectivity index (χ1n) is 5.87. The van der Waals surface area contributed by atoms with E-state index >= 15 is 0 Å². The zero-order valence-corrected chi connectivity index (χ0v) is 13.0. The van der Waals surface area contributed by atoms with Crippen molar-refractivity contribution in [3.63, 3.8) is 0 Å². The van der Waals surface area contributed by atoms with Crippen LogP contribution in [0.5, 0.6) is 0 Å². The van der Waals surface area contributed by atoms with E-state index in [-0.39, 0.29) is 5.03 Å². The molecule has 0 aliphatic carbocycles. The first-order valence-corrected chi connectivity index (χ1v) is 9.23. The summed E-state index contributed by atoms with van der Waals surface area (Å²) in [6, 6.07) is 9.24. The van der Waals surface area contributed by atoms with Crippen molar-refractivity contribution in [3.8, 4) is 0 Å². The van der Waals surface area contributed by atoms with Crippen LogP contribution >= 0.6 is 0 Å². The molecule has 0 radical (unpaired) electrons. The molecule has 1 aromatic carbocycles. The van der Waals surface area contributed by atoms with E-state index in [0.29, 0.717) is 0 Å². The van der Waals surface area contributed by atoms with Crippen molar-refractivity contribution < 1.29 is 17.6 Å². The highest BCUT2D eigenvalue weighted by Crippen LogP contribution is 2.26. The second kappa shape index (κ2) is 5.81. The molecule has 116 valence electrons. The van der Waals surface area contributed by atoms with Gasteiger partial charge in [-0.1, -0.05) is 18.2 Å². The molecular formula is C12H11N3O5S2. The third-order valence-corrected chi connectivity index (χ3v) is 6.45. The van der Waals surface area contributed by atoms with Crippen LogP contribution in [0.15, 0.2) is 62.4 Å². The van der Waals surface area contributed by atoms with Gasteiger partial charge in [0.15, 0.2) is 4.90 Å². The van der Waals surface area contributed by atoms with Crippen LogP contribution in [-0.2, 0) is 19.8 Å². The number of sulfonamides is 1. The Morgan fingerprint density at radius 2 is 1.73 bits per heavy atom. The number of nitrogens with zero attached hydrogens (tertiary/aromatic N) is 3. The largest absolute Gasteiger partial charge is 0.297 e. The average molecular weight is 341 g/mol. The summed E-state index contributed by atoms with van der Waals surface area (Å²) < 4.78 is 40.4. The van der Waals surface area contributed by atoms with Crippen molar-refractivity contribution in [2.24, 2.45) is 3.77 Å². The van der Waals surface area contributed by atoms with Crippen molar-refractivity contribution in [3.05, 3.63) is 58.8 Å². The zero-order valence-electron chi connectivity index (χ0n) is 11.3. The summed E-state index contributed by atoms with van der Waals surface area (Å²) in [5.41, 5.74) is -0.623. The molecular weight excluding hydrogens is 330 g/mol. The van der Waals surface area contributed by atoms with Crippen molar-refractivity contribution >= 4 is 25.4 Å². The number of hydrogen-bond donors (Lipinski definition) is 0. The van der Waals surface area contributed by atoms with E-state index in [2.05, 4.69) is 8.75 Å². The molecule has 1 unspecified atom stereocenters. The topological polar surface area (TPSA) is 120 Å². The fourth-order valence-corrected chi connectivity index (χ4v) is 5.03. The second-order valence-corrected chi connectivity index (χ2v) is 8.25. The Bertz CT molecular complexity index is 932. The molecule has 0 fully saturated rings. The number of nitro benzene ring substituents is 1. The molecule has 2 rings (SSSR count). The summed E-state index contributed by atoms with van der Waals surface area (Å²) in [5.74, 6) is 0. The van der Waals surface area contributed by atoms with Crippen LogP contribution in [0.3, 0.4) is 0 Å². The van der Waals surface area contributed by atoms with E-state index in [9.17, 15) is 22.7 Å². The molecule has 1 atom stereocenters. The van der Waals surface area contributed by atoms with Gasteiger partial charge in [-0.15, -0.1) is 3.77 Å². The van der Waals surface area contributed by atoms with E-state index < -0.39 is 35.3 Å². The van der Waals surface area contributed by atoms with Crippen molar-refractivity contribution in [2.45, 2.75) is 9.92 Å². The average Bonchev–Trinajstić information content (AvgIpc) is 2.47. The minimum absolute atomic E-state index is 0.0165. The Hall–Kier alpha value is -2.33. The number of rotatable bonds is 4. The number of hydrogen-bond acceptors (Lipinski definition) is 6. The van der Waals surface area contributed by atoms with Gasteiger partial charge in [-0.2, -0.15) is 8.42 Å². The molecule has 0 spiro atoms. The molecule has 0 bridgehead atoms. The summed E-state index contributed by atoms with van der Waals surface area (Å²) in [7, 11) is -7.83. The van der Waals surface area contributed by atoms with Crippen LogP contribution in [0.1, 0.15) is 0 Å². The highest BCUT2D eigenvalue weighted by atomic mass is 32.3. The SMILES string of the molecule is CS(=O)(=NS(=O)(=O)c1ccccc1[N+](=O)[O-])c1ccccn1. The first-order chi connectivity index (χ1) is 10.2. The molecule has 22 heavy (non-hydrogen) atoms. The molecule has 1 heterocycles. The molecule has 0 aliphatic rings. The number of benzene rings is 1. The lowest BCUT2D eigenvalue weighted by atomic mass is 10.3. The number of pyridine rings is 1. The molecule has 0 aliphatic heterocycles. The summed E-state index contributed by atoms with van der Waals surface area (Å²) in [6.45, 7) is 0. The first kappa shape index (κ1) is 16.0. The lowest BCUT2D eigenvalue weighted by molar-refractivity contribution is -0.387. The quantitative estimate of drug-likeness (QED) is 0.618.